The Morgan fingerprint density at radius 2 is 2.36 bits per heavy atom. The van der Waals surface area contributed by atoms with E-state index in [2.05, 4.69) is 0 Å². The number of rotatable bonds is 2. The third-order valence-electron chi connectivity index (χ3n) is 1.61. The van der Waals surface area contributed by atoms with Crippen LogP contribution >= 0.6 is 11.8 Å². The monoisotopic (exact) mass is 170 g/mol. The van der Waals surface area contributed by atoms with Crippen molar-refractivity contribution in [3.8, 4) is 0 Å². The molecule has 3 heteroatoms. The largest absolute Gasteiger partial charge is 0.481 e. The molecule has 2 nitrogen and oxygen atoms in total. The van der Waals surface area contributed by atoms with Crippen molar-refractivity contribution in [1.29, 1.82) is 0 Å². The Labute approximate surface area is 70.0 Å². The van der Waals surface area contributed by atoms with Gasteiger partial charge < -0.3 is 5.11 Å². The second-order valence-corrected chi connectivity index (χ2v) is 3.53. The van der Waals surface area contributed by atoms with Gasteiger partial charge >= 0.3 is 5.97 Å². The highest BCUT2D eigenvalue weighted by molar-refractivity contribution is 8.03. The number of carbonyl (C=O) groups is 1. The molecule has 0 spiro atoms. The summed E-state index contributed by atoms with van der Waals surface area (Å²) in [4.78, 5) is 10.5. The molecule has 0 aromatic rings. The average molecular weight is 170 g/mol. The zero-order valence-corrected chi connectivity index (χ0v) is 7.04. The number of thioether (sulfide) groups is 1. The molecule has 11 heavy (non-hydrogen) atoms. The minimum atomic E-state index is -0.734. The Morgan fingerprint density at radius 3 is 2.82 bits per heavy atom. The molecule has 0 fully saturated rings. The van der Waals surface area contributed by atoms with E-state index in [0.29, 0.717) is 0 Å². The van der Waals surface area contributed by atoms with E-state index in [9.17, 15) is 4.79 Å². The molecular weight excluding hydrogens is 160 g/mol. The number of hydrogen-bond acceptors (Lipinski definition) is 2. The molecule has 1 N–H and O–H groups in total. The van der Waals surface area contributed by atoms with Gasteiger partial charge in [0.15, 0.2) is 0 Å². The quantitative estimate of drug-likeness (QED) is 0.687. The lowest BCUT2D eigenvalue weighted by molar-refractivity contribution is -0.140. The van der Waals surface area contributed by atoms with Crippen LogP contribution in [-0.2, 0) is 4.79 Å². The molecule has 0 amide bonds. The van der Waals surface area contributed by atoms with Crippen LogP contribution in [0.25, 0.3) is 0 Å². The predicted molar refractivity (Wildman–Crippen MR) is 46.5 cm³/mol. The summed E-state index contributed by atoms with van der Waals surface area (Å²) in [5.74, 6) is -1.04. The zero-order valence-electron chi connectivity index (χ0n) is 6.23. The lowest BCUT2D eigenvalue weighted by Crippen LogP contribution is -2.21. The summed E-state index contributed by atoms with van der Waals surface area (Å²) in [6, 6.07) is 0. The molecule has 60 valence electrons. The Kier molecular flexibility index (Phi) is 2.76. The highest BCUT2D eigenvalue weighted by Gasteiger charge is 2.21. The lowest BCUT2D eigenvalue weighted by Gasteiger charge is -2.15. The minimum absolute atomic E-state index is 0.0949. The van der Waals surface area contributed by atoms with E-state index >= 15 is 0 Å². The van der Waals surface area contributed by atoms with Crippen molar-refractivity contribution in [2.75, 3.05) is 0 Å². The Balaban J connectivity index is 2.55. The SMILES string of the molecule is CC(C(=O)O)C1C=CC=CS1. The molecule has 0 aliphatic carbocycles. The van der Waals surface area contributed by atoms with Crippen LogP contribution < -0.4 is 0 Å². The van der Waals surface area contributed by atoms with Gasteiger partial charge in [-0.3, -0.25) is 4.79 Å². The normalized spacial score (nSPS) is 25.0. The fourth-order valence-electron chi connectivity index (χ4n) is 0.826. The van der Waals surface area contributed by atoms with Gasteiger partial charge in [-0.05, 0) is 5.41 Å². The van der Waals surface area contributed by atoms with Gasteiger partial charge in [0.1, 0.15) is 0 Å². The molecule has 2 atom stereocenters. The van der Waals surface area contributed by atoms with Crippen LogP contribution in [0.3, 0.4) is 0 Å². The molecule has 0 saturated heterocycles. The van der Waals surface area contributed by atoms with Gasteiger partial charge in [0.25, 0.3) is 0 Å². The number of carboxylic acids is 1. The van der Waals surface area contributed by atoms with Gasteiger partial charge in [0.2, 0.25) is 0 Å². The summed E-state index contributed by atoms with van der Waals surface area (Å²) in [6.45, 7) is 1.73. The second kappa shape index (κ2) is 3.62. The summed E-state index contributed by atoms with van der Waals surface area (Å²) < 4.78 is 0. The van der Waals surface area contributed by atoms with E-state index in [0.717, 1.165) is 0 Å². The molecule has 0 radical (unpaired) electrons. The molecule has 0 bridgehead atoms. The van der Waals surface area contributed by atoms with Crippen molar-refractivity contribution in [1.82, 2.24) is 0 Å². The number of aliphatic carboxylic acids is 1. The second-order valence-electron chi connectivity index (χ2n) is 2.44. The van der Waals surface area contributed by atoms with E-state index < -0.39 is 5.97 Å². The summed E-state index contributed by atoms with van der Waals surface area (Å²) in [5, 5.41) is 10.7. The van der Waals surface area contributed by atoms with E-state index in [1.807, 2.05) is 23.6 Å². The molecule has 1 rings (SSSR count). The van der Waals surface area contributed by atoms with Crippen molar-refractivity contribution in [2.45, 2.75) is 12.2 Å². The van der Waals surface area contributed by atoms with Crippen LogP contribution in [0, 0.1) is 5.92 Å². The number of carboxylic acid groups (broad SMARTS) is 1. The highest BCUT2D eigenvalue weighted by Crippen LogP contribution is 2.25. The van der Waals surface area contributed by atoms with Crippen molar-refractivity contribution < 1.29 is 9.90 Å². The van der Waals surface area contributed by atoms with Crippen LogP contribution in [0.4, 0.5) is 0 Å². The first kappa shape index (κ1) is 8.40. The Bertz CT molecular complexity index is 208. The summed E-state index contributed by atoms with van der Waals surface area (Å²) >= 11 is 1.55. The highest BCUT2D eigenvalue weighted by atomic mass is 32.2. The van der Waals surface area contributed by atoms with Gasteiger partial charge in [-0.15, -0.1) is 11.8 Å². The maximum atomic E-state index is 10.5. The summed E-state index contributed by atoms with van der Waals surface area (Å²) in [7, 11) is 0. The van der Waals surface area contributed by atoms with Crippen molar-refractivity contribution in [2.24, 2.45) is 5.92 Å². The zero-order chi connectivity index (χ0) is 8.27. The van der Waals surface area contributed by atoms with E-state index in [-0.39, 0.29) is 11.2 Å². The first-order chi connectivity index (χ1) is 5.22. The first-order valence-electron chi connectivity index (χ1n) is 3.43. The van der Waals surface area contributed by atoms with Crippen LogP contribution in [0.1, 0.15) is 6.92 Å². The predicted octanol–water partition coefficient (Wildman–Crippen LogP) is 1.89. The third kappa shape index (κ3) is 2.12. The van der Waals surface area contributed by atoms with Gasteiger partial charge in [-0.1, -0.05) is 25.2 Å². The maximum absolute atomic E-state index is 10.5. The fourth-order valence-corrected chi connectivity index (χ4v) is 1.72. The molecule has 0 aromatic heterocycles. The lowest BCUT2D eigenvalue weighted by atomic mass is 10.1. The molecule has 2 unspecified atom stereocenters. The standard InChI is InChI=1S/C8H10O2S/c1-6(8(9)10)7-4-2-3-5-11-7/h2-7H,1H3,(H,9,10). The molecule has 0 aromatic carbocycles. The molecule has 1 aliphatic rings. The minimum Gasteiger partial charge on any atom is -0.481 e. The van der Waals surface area contributed by atoms with Crippen LogP contribution in [0.2, 0.25) is 0 Å². The van der Waals surface area contributed by atoms with Crippen LogP contribution in [0.5, 0.6) is 0 Å². The Morgan fingerprint density at radius 1 is 1.64 bits per heavy atom. The molecular formula is C8H10O2S. The molecule has 1 heterocycles. The smallest absolute Gasteiger partial charge is 0.307 e. The van der Waals surface area contributed by atoms with Gasteiger partial charge in [-0.25, -0.2) is 0 Å². The maximum Gasteiger partial charge on any atom is 0.307 e. The van der Waals surface area contributed by atoms with Gasteiger partial charge in [-0.2, -0.15) is 0 Å². The first-order valence-corrected chi connectivity index (χ1v) is 4.37. The summed E-state index contributed by atoms with van der Waals surface area (Å²) in [6.07, 6.45) is 5.72. The topological polar surface area (TPSA) is 37.3 Å². The van der Waals surface area contributed by atoms with E-state index in [1.54, 1.807) is 18.7 Å². The van der Waals surface area contributed by atoms with Crippen LogP contribution in [-0.4, -0.2) is 16.3 Å². The Hall–Kier alpha value is -0.700. The van der Waals surface area contributed by atoms with Gasteiger partial charge in [0, 0.05) is 5.25 Å². The van der Waals surface area contributed by atoms with Crippen molar-refractivity contribution in [3.05, 3.63) is 23.6 Å². The third-order valence-corrected chi connectivity index (χ3v) is 2.80. The fraction of sp³-hybridized carbons (Fsp3) is 0.375. The summed E-state index contributed by atoms with van der Waals surface area (Å²) in [5.41, 5.74) is 0. The van der Waals surface area contributed by atoms with Crippen molar-refractivity contribution >= 4 is 17.7 Å². The molecule has 0 saturated carbocycles. The molecule has 1 aliphatic heterocycles. The number of allylic oxidation sites excluding steroid dienone is 2. The van der Waals surface area contributed by atoms with Gasteiger partial charge in [0.05, 0.1) is 5.92 Å². The number of hydrogen-bond donors (Lipinski definition) is 1. The van der Waals surface area contributed by atoms with E-state index in [1.165, 1.54) is 0 Å². The van der Waals surface area contributed by atoms with Crippen LogP contribution in [0.15, 0.2) is 23.6 Å². The average Bonchev–Trinajstić information content (AvgIpc) is 2.05. The van der Waals surface area contributed by atoms with E-state index in [4.69, 9.17) is 5.11 Å². The van der Waals surface area contributed by atoms with Crippen molar-refractivity contribution in [3.63, 3.8) is 0 Å².